The van der Waals surface area contributed by atoms with Gasteiger partial charge < -0.3 is 10.1 Å². The Kier molecular flexibility index (Phi) is 5.16. The van der Waals surface area contributed by atoms with Crippen molar-refractivity contribution in [3.8, 4) is 16.3 Å². The average Bonchev–Trinajstić information content (AvgIpc) is 3.16. The van der Waals surface area contributed by atoms with Gasteiger partial charge in [-0.3, -0.25) is 14.9 Å². The quantitative estimate of drug-likeness (QED) is 0.343. The highest BCUT2D eigenvalue weighted by molar-refractivity contribution is 7.21. The molecule has 3 aromatic carbocycles. The zero-order chi connectivity index (χ0) is 21.3. The van der Waals surface area contributed by atoms with Gasteiger partial charge in [-0.15, -0.1) is 11.3 Å². The molecule has 0 aliphatic heterocycles. The summed E-state index contributed by atoms with van der Waals surface area (Å²) in [6.45, 7) is 2.05. The molecule has 1 heterocycles. The minimum atomic E-state index is -0.579. The third-order valence-corrected chi connectivity index (χ3v) is 5.64. The van der Waals surface area contributed by atoms with Crippen molar-refractivity contribution in [2.24, 2.45) is 0 Å². The van der Waals surface area contributed by atoms with Crippen LogP contribution in [0.5, 0.6) is 5.75 Å². The molecule has 8 heteroatoms. The van der Waals surface area contributed by atoms with Crippen LogP contribution >= 0.6 is 11.3 Å². The summed E-state index contributed by atoms with van der Waals surface area (Å²) in [5.74, 6) is -0.337. The van der Waals surface area contributed by atoms with Crippen molar-refractivity contribution in [3.63, 3.8) is 0 Å². The number of hydrogen-bond donors (Lipinski definition) is 1. The molecule has 0 radical (unpaired) electrons. The summed E-state index contributed by atoms with van der Waals surface area (Å²) in [6, 6.07) is 17.6. The number of benzene rings is 3. The fourth-order valence-corrected chi connectivity index (χ4v) is 4.10. The molecule has 0 unspecified atom stereocenters. The Bertz CT molecular complexity index is 1270. The zero-order valence-electron chi connectivity index (χ0n) is 16.2. The molecule has 0 aliphatic carbocycles. The van der Waals surface area contributed by atoms with Gasteiger partial charge in [-0.05, 0) is 61.0 Å². The van der Waals surface area contributed by atoms with Gasteiger partial charge >= 0.3 is 5.69 Å². The fourth-order valence-electron chi connectivity index (χ4n) is 3.03. The molecule has 30 heavy (non-hydrogen) atoms. The minimum absolute atomic E-state index is 0.104. The second kappa shape index (κ2) is 7.92. The van der Waals surface area contributed by atoms with Crippen molar-refractivity contribution in [2.45, 2.75) is 6.92 Å². The minimum Gasteiger partial charge on any atom is -0.490 e. The van der Waals surface area contributed by atoms with E-state index in [0.29, 0.717) is 5.69 Å². The highest BCUT2D eigenvalue weighted by Crippen LogP contribution is 2.32. The van der Waals surface area contributed by atoms with E-state index in [2.05, 4.69) is 16.4 Å². The van der Waals surface area contributed by atoms with E-state index in [-0.39, 0.29) is 17.0 Å². The van der Waals surface area contributed by atoms with E-state index < -0.39 is 10.8 Å². The Morgan fingerprint density at radius 1 is 1.10 bits per heavy atom. The lowest BCUT2D eigenvalue weighted by atomic mass is 10.1. The van der Waals surface area contributed by atoms with Crippen molar-refractivity contribution in [3.05, 3.63) is 81.9 Å². The third-order valence-electron chi connectivity index (χ3n) is 4.57. The summed E-state index contributed by atoms with van der Waals surface area (Å²) >= 11 is 1.61. The number of amides is 1. The molecule has 150 valence electrons. The number of nitro groups is 1. The lowest BCUT2D eigenvalue weighted by Gasteiger charge is -2.07. The number of methoxy groups -OCH3 is 1. The first-order valence-electron chi connectivity index (χ1n) is 9.06. The van der Waals surface area contributed by atoms with Crippen molar-refractivity contribution >= 4 is 38.8 Å². The monoisotopic (exact) mass is 419 g/mol. The molecule has 4 aromatic rings. The Balaban J connectivity index is 1.53. The van der Waals surface area contributed by atoms with E-state index in [0.717, 1.165) is 20.8 Å². The Morgan fingerprint density at radius 2 is 1.87 bits per heavy atom. The Hall–Kier alpha value is -3.78. The van der Waals surface area contributed by atoms with Crippen LogP contribution in [0.4, 0.5) is 11.4 Å². The summed E-state index contributed by atoms with van der Waals surface area (Å²) in [7, 11) is 1.34. The number of nitrogens with one attached hydrogen (secondary N) is 1. The van der Waals surface area contributed by atoms with Crippen LogP contribution in [0.3, 0.4) is 0 Å². The van der Waals surface area contributed by atoms with Crippen molar-refractivity contribution in [1.82, 2.24) is 4.98 Å². The molecule has 0 saturated heterocycles. The number of nitro benzene ring substituents is 1. The maximum Gasteiger partial charge on any atom is 0.311 e. The van der Waals surface area contributed by atoms with Gasteiger partial charge in [0.2, 0.25) is 0 Å². The molecule has 1 N–H and O–H groups in total. The summed E-state index contributed by atoms with van der Waals surface area (Å²) in [5, 5.41) is 14.8. The number of fused-ring (bicyclic) bond motifs is 1. The fraction of sp³-hybridized carbons (Fsp3) is 0.0909. The number of anilines is 1. The van der Waals surface area contributed by atoms with Crippen LogP contribution in [0.25, 0.3) is 20.8 Å². The van der Waals surface area contributed by atoms with Gasteiger partial charge in [0.15, 0.2) is 5.75 Å². The first-order chi connectivity index (χ1) is 14.4. The topological polar surface area (TPSA) is 94.4 Å². The van der Waals surface area contributed by atoms with Crippen LogP contribution in [0.15, 0.2) is 60.7 Å². The SMILES string of the molecule is COc1ccc(C(=O)Nc2ccc(-c3nc4ccc(C)cc4s3)cc2)cc1[N+](=O)[O-]. The number of hydrogen-bond acceptors (Lipinski definition) is 6. The molecule has 0 atom stereocenters. The molecule has 0 saturated carbocycles. The van der Waals surface area contributed by atoms with Crippen LogP contribution in [0.2, 0.25) is 0 Å². The number of aromatic nitrogens is 1. The molecule has 0 aliphatic rings. The zero-order valence-corrected chi connectivity index (χ0v) is 17.0. The second-order valence-electron chi connectivity index (χ2n) is 6.67. The van der Waals surface area contributed by atoms with Crippen molar-refractivity contribution in [2.75, 3.05) is 12.4 Å². The lowest BCUT2D eigenvalue weighted by molar-refractivity contribution is -0.385. The van der Waals surface area contributed by atoms with E-state index in [1.165, 1.54) is 30.9 Å². The number of carbonyl (C=O) groups is 1. The van der Waals surface area contributed by atoms with E-state index in [1.54, 1.807) is 23.5 Å². The standard InChI is InChI=1S/C22H17N3O4S/c1-13-3-9-17-20(11-13)30-22(24-17)14-4-7-16(8-5-14)23-21(26)15-6-10-19(29-2)18(12-15)25(27)28/h3-12H,1-2H3,(H,23,26). The first kappa shape index (κ1) is 19.5. The molecular weight excluding hydrogens is 402 g/mol. The van der Waals surface area contributed by atoms with Gasteiger partial charge in [0.1, 0.15) is 5.01 Å². The number of carbonyl (C=O) groups excluding carboxylic acids is 1. The van der Waals surface area contributed by atoms with Gasteiger partial charge in [0.05, 0.1) is 22.2 Å². The van der Waals surface area contributed by atoms with Crippen LogP contribution in [-0.2, 0) is 0 Å². The summed E-state index contributed by atoms with van der Waals surface area (Å²) in [4.78, 5) is 27.7. The third kappa shape index (κ3) is 3.85. The van der Waals surface area contributed by atoms with E-state index in [9.17, 15) is 14.9 Å². The van der Waals surface area contributed by atoms with Crippen molar-refractivity contribution < 1.29 is 14.5 Å². The number of aryl methyl sites for hydroxylation is 1. The summed E-state index contributed by atoms with van der Waals surface area (Å²) < 4.78 is 6.09. The summed E-state index contributed by atoms with van der Waals surface area (Å²) in [5.41, 5.74) is 3.60. The molecule has 0 bridgehead atoms. The molecule has 0 spiro atoms. The Labute approximate surface area is 176 Å². The maximum absolute atomic E-state index is 12.5. The first-order valence-corrected chi connectivity index (χ1v) is 9.87. The maximum atomic E-state index is 12.5. The van der Waals surface area contributed by atoms with Gasteiger partial charge in [0, 0.05) is 22.9 Å². The largest absolute Gasteiger partial charge is 0.490 e. The number of nitrogens with zero attached hydrogens (tertiary/aromatic N) is 2. The van der Waals surface area contributed by atoms with Gasteiger partial charge in [0.25, 0.3) is 5.91 Å². The molecule has 0 fully saturated rings. The molecule has 1 amide bonds. The van der Waals surface area contributed by atoms with Gasteiger partial charge in [-0.1, -0.05) is 6.07 Å². The predicted octanol–water partition coefficient (Wildman–Crippen LogP) is 5.44. The molecule has 1 aromatic heterocycles. The van der Waals surface area contributed by atoms with E-state index in [1.807, 2.05) is 31.2 Å². The molecular formula is C22H17N3O4S. The smallest absolute Gasteiger partial charge is 0.311 e. The lowest BCUT2D eigenvalue weighted by Crippen LogP contribution is -2.12. The second-order valence-corrected chi connectivity index (χ2v) is 7.70. The number of ether oxygens (including phenoxy) is 1. The molecule has 4 rings (SSSR count). The van der Waals surface area contributed by atoms with Crippen LogP contribution in [0.1, 0.15) is 15.9 Å². The van der Waals surface area contributed by atoms with E-state index in [4.69, 9.17) is 4.74 Å². The number of rotatable bonds is 5. The highest BCUT2D eigenvalue weighted by Gasteiger charge is 2.18. The predicted molar refractivity (Wildman–Crippen MR) is 117 cm³/mol. The van der Waals surface area contributed by atoms with Gasteiger partial charge in [-0.25, -0.2) is 4.98 Å². The van der Waals surface area contributed by atoms with Crippen LogP contribution in [-0.4, -0.2) is 22.9 Å². The highest BCUT2D eigenvalue weighted by atomic mass is 32.1. The molecule has 7 nitrogen and oxygen atoms in total. The van der Waals surface area contributed by atoms with Crippen LogP contribution in [0, 0.1) is 17.0 Å². The Morgan fingerprint density at radius 3 is 2.57 bits per heavy atom. The van der Waals surface area contributed by atoms with Crippen molar-refractivity contribution in [1.29, 1.82) is 0 Å². The number of thiazole rings is 1. The average molecular weight is 419 g/mol. The van der Waals surface area contributed by atoms with Gasteiger partial charge in [-0.2, -0.15) is 0 Å². The normalized spacial score (nSPS) is 10.7. The van der Waals surface area contributed by atoms with Crippen LogP contribution < -0.4 is 10.1 Å². The van der Waals surface area contributed by atoms with E-state index >= 15 is 0 Å². The summed E-state index contributed by atoms with van der Waals surface area (Å²) in [6.07, 6.45) is 0.